The zero-order chi connectivity index (χ0) is 12.6. The quantitative estimate of drug-likeness (QED) is 0.751. The molecule has 1 aromatic rings. The van der Waals surface area contributed by atoms with Gasteiger partial charge in [-0.25, -0.2) is 4.79 Å². The van der Waals surface area contributed by atoms with Crippen molar-refractivity contribution in [3.8, 4) is 5.75 Å². The predicted molar refractivity (Wildman–Crippen MR) is 69.5 cm³/mol. The molecule has 0 radical (unpaired) electrons. The third-order valence-corrected chi connectivity index (χ3v) is 3.30. The Labute approximate surface area is 108 Å². The molecule has 98 valence electrons. The van der Waals surface area contributed by atoms with E-state index in [1.165, 1.54) is 32.1 Å². The first kappa shape index (κ1) is 12.9. The molecule has 0 amide bonds. The van der Waals surface area contributed by atoms with Crippen LogP contribution in [0.25, 0.3) is 0 Å². The Hall–Kier alpha value is -1.51. The van der Waals surface area contributed by atoms with Gasteiger partial charge in [-0.15, -0.1) is 0 Å². The Bertz CT molecular complexity index is 355. The number of esters is 1. The number of hydrogen-bond acceptors (Lipinski definition) is 3. The molecule has 3 heteroatoms. The van der Waals surface area contributed by atoms with Gasteiger partial charge in [0.15, 0.2) is 6.61 Å². The topological polar surface area (TPSA) is 35.5 Å². The lowest BCUT2D eigenvalue weighted by Gasteiger charge is -2.20. The van der Waals surface area contributed by atoms with Crippen molar-refractivity contribution in [2.45, 2.75) is 32.1 Å². The monoisotopic (exact) mass is 248 g/mol. The van der Waals surface area contributed by atoms with E-state index in [9.17, 15) is 4.79 Å². The van der Waals surface area contributed by atoms with Crippen molar-refractivity contribution in [1.29, 1.82) is 0 Å². The molecule has 0 saturated heterocycles. The van der Waals surface area contributed by atoms with Crippen molar-refractivity contribution in [3.63, 3.8) is 0 Å². The van der Waals surface area contributed by atoms with Gasteiger partial charge in [-0.2, -0.15) is 0 Å². The van der Waals surface area contributed by atoms with Crippen molar-refractivity contribution >= 4 is 5.97 Å². The van der Waals surface area contributed by atoms with E-state index in [4.69, 9.17) is 9.47 Å². The van der Waals surface area contributed by atoms with Crippen LogP contribution in [0.15, 0.2) is 30.3 Å². The van der Waals surface area contributed by atoms with Gasteiger partial charge in [0.25, 0.3) is 0 Å². The second-order valence-electron chi connectivity index (χ2n) is 4.79. The average Bonchev–Trinajstić information content (AvgIpc) is 2.45. The van der Waals surface area contributed by atoms with E-state index in [-0.39, 0.29) is 12.6 Å². The lowest BCUT2D eigenvalue weighted by atomic mass is 9.90. The third-order valence-electron chi connectivity index (χ3n) is 3.30. The summed E-state index contributed by atoms with van der Waals surface area (Å²) >= 11 is 0. The molecule has 0 heterocycles. The van der Waals surface area contributed by atoms with E-state index in [2.05, 4.69) is 0 Å². The van der Waals surface area contributed by atoms with Crippen molar-refractivity contribution in [2.24, 2.45) is 5.92 Å². The summed E-state index contributed by atoms with van der Waals surface area (Å²) in [7, 11) is 0. The molecule has 0 N–H and O–H groups in total. The Balaban J connectivity index is 1.63. The van der Waals surface area contributed by atoms with Crippen LogP contribution < -0.4 is 4.74 Å². The number of carbonyl (C=O) groups is 1. The van der Waals surface area contributed by atoms with E-state index in [1.807, 2.05) is 30.3 Å². The minimum absolute atomic E-state index is 0.00324. The average molecular weight is 248 g/mol. The summed E-state index contributed by atoms with van der Waals surface area (Å²) in [5.74, 6) is 0.982. The van der Waals surface area contributed by atoms with Gasteiger partial charge in [0, 0.05) is 0 Å². The molecule has 1 fully saturated rings. The van der Waals surface area contributed by atoms with Crippen LogP contribution in [0.5, 0.6) is 5.75 Å². The first-order valence-corrected chi connectivity index (χ1v) is 6.68. The number of hydrogen-bond donors (Lipinski definition) is 0. The van der Waals surface area contributed by atoms with Crippen molar-refractivity contribution in [3.05, 3.63) is 30.3 Å². The molecule has 18 heavy (non-hydrogen) atoms. The van der Waals surface area contributed by atoms with Gasteiger partial charge in [0.05, 0.1) is 6.61 Å². The molecule has 2 rings (SSSR count). The minimum atomic E-state index is -0.274. The Morgan fingerprint density at radius 1 is 1.11 bits per heavy atom. The second kappa shape index (κ2) is 7.04. The smallest absolute Gasteiger partial charge is 0.344 e. The lowest BCUT2D eigenvalue weighted by molar-refractivity contribution is -0.147. The van der Waals surface area contributed by atoms with Gasteiger partial charge in [-0.05, 0) is 30.9 Å². The summed E-state index contributed by atoms with van der Waals surface area (Å²) < 4.78 is 10.6. The van der Waals surface area contributed by atoms with Crippen LogP contribution in [0.2, 0.25) is 0 Å². The van der Waals surface area contributed by atoms with Crippen molar-refractivity contribution in [1.82, 2.24) is 0 Å². The summed E-state index contributed by atoms with van der Waals surface area (Å²) in [4.78, 5) is 11.5. The van der Waals surface area contributed by atoms with Gasteiger partial charge < -0.3 is 9.47 Å². The molecule has 0 atom stereocenters. The number of rotatable bonds is 5. The van der Waals surface area contributed by atoms with Gasteiger partial charge in [-0.1, -0.05) is 37.5 Å². The van der Waals surface area contributed by atoms with Crippen LogP contribution >= 0.6 is 0 Å². The van der Waals surface area contributed by atoms with Crippen molar-refractivity contribution in [2.75, 3.05) is 13.2 Å². The van der Waals surface area contributed by atoms with Crippen LogP contribution in [-0.2, 0) is 9.53 Å². The molecular formula is C15H20O3. The Morgan fingerprint density at radius 3 is 2.56 bits per heavy atom. The van der Waals surface area contributed by atoms with E-state index in [1.54, 1.807) is 0 Å². The fourth-order valence-electron chi connectivity index (χ4n) is 2.27. The van der Waals surface area contributed by atoms with Crippen LogP contribution in [0.3, 0.4) is 0 Å². The van der Waals surface area contributed by atoms with Gasteiger partial charge >= 0.3 is 5.97 Å². The second-order valence-corrected chi connectivity index (χ2v) is 4.79. The molecule has 1 aliphatic carbocycles. The van der Waals surface area contributed by atoms with Gasteiger partial charge in [0.1, 0.15) is 5.75 Å². The normalized spacial score (nSPS) is 16.2. The lowest BCUT2D eigenvalue weighted by Crippen LogP contribution is -2.20. The SMILES string of the molecule is O=C(COc1ccccc1)OCC1CCCCC1. The zero-order valence-electron chi connectivity index (χ0n) is 10.6. The van der Waals surface area contributed by atoms with Crippen LogP contribution in [0.4, 0.5) is 0 Å². The van der Waals surface area contributed by atoms with Gasteiger partial charge in [-0.3, -0.25) is 0 Å². The maximum absolute atomic E-state index is 11.5. The molecule has 1 saturated carbocycles. The maximum Gasteiger partial charge on any atom is 0.344 e. The summed E-state index contributed by atoms with van der Waals surface area (Å²) in [6.45, 7) is 0.549. The Morgan fingerprint density at radius 2 is 1.83 bits per heavy atom. The third kappa shape index (κ3) is 4.40. The van der Waals surface area contributed by atoms with Crippen molar-refractivity contribution < 1.29 is 14.3 Å². The van der Waals surface area contributed by atoms with E-state index in [0.717, 1.165) is 0 Å². The molecule has 0 spiro atoms. The van der Waals surface area contributed by atoms with E-state index < -0.39 is 0 Å². The zero-order valence-corrected chi connectivity index (χ0v) is 10.6. The number of ether oxygens (including phenoxy) is 2. The fourth-order valence-corrected chi connectivity index (χ4v) is 2.27. The fraction of sp³-hybridized carbons (Fsp3) is 0.533. The predicted octanol–water partition coefficient (Wildman–Crippen LogP) is 3.19. The van der Waals surface area contributed by atoms with Crippen LogP contribution in [0.1, 0.15) is 32.1 Å². The molecule has 1 aromatic carbocycles. The maximum atomic E-state index is 11.5. The highest BCUT2D eigenvalue weighted by Crippen LogP contribution is 2.23. The molecule has 0 aliphatic heterocycles. The summed E-state index contributed by atoms with van der Waals surface area (Å²) in [5, 5.41) is 0. The van der Waals surface area contributed by atoms with E-state index >= 15 is 0 Å². The summed E-state index contributed by atoms with van der Waals surface area (Å²) in [6, 6.07) is 9.32. The Kier molecular flexibility index (Phi) is 5.06. The first-order valence-electron chi connectivity index (χ1n) is 6.68. The highest BCUT2D eigenvalue weighted by molar-refractivity contribution is 5.71. The summed E-state index contributed by atoms with van der Waals surface area (Å²) in [6.07, 6.45) is 6.23. The van der Waals surface area contributed by atoms with Gasteiger partial charge in [0.2, 0.25) is 0 Å². The largest absolute Gasteiger partial charge is 0.482 e. The molecular weight excluding hydrogens is 228 g/mol. The highest BCUT2D eigenvalue weighted by atomic mass is 16.6. The molecule has 1 aliphatic rings. The molecule has 0 aromatic heterocycles. The van der Waals surface area contributed by atoms with Crippen LogP contribution in [-0.4, -0.2) is 19.2 Å². The molecule has 0 unspecified atom stereocenters. The number of benzene rings is 1. The van der Waals surface area contributed by atoms with E-state index in [0.29, 0.717) is 18.3 Å². The highest BCUT2D eigenvalue weighted by Gasteiger charge is 2.15. The summed E-state index contributed by atoms with van der Waals surface area (Å²) in [5.41, 5.74) is 0. The number of carbonyl (C=O) groups excluding carboxylic acids is 1. The standard InChI is InChI=1S/C15H20O3/c16-15(12-17-14-9-5-2-6-10-14)18-11-13-7-3-1-4-8-13/h2,5-6,9-10,13H,1,3-4,7-8,11-12H2. The first-order chi connectivity index (χ1) is 8.84. The van der Waals surface area contributed by atoms with Crippen LogP contribution in [0, 0.1) is 5.92 Å². The minimum Gasteiger partial charge on any atom is -0.482 e. The molecule has 0 bridgehead atoms. The molecule has 3 nitrogen and oxygen atoms in total. The number of para-hydroxylation sites is 1.